The number of nitrogens with one attached hydrogen (secondary N) is 1. The molecule has 1 aromatic rings. The van der Waals surface area contributed by atoms with Crippen LogP contribution in [0, 0.1) is 11.3 Å². The van der Waals surface area contributed by atoms with Crippen molar-refractivity contribution in [1.82, 2.24) is 10.2 Å². The third-order valence-electron chi connectivity index (χ3n) is 5.18. The number of amides is 2. The lowest BCUT2D eigenvalue weighted by Gasteiger charge is -2.28. The second kappa shape index (κ2) is 8.15. The average molecular weight is 488 g/mol. The van der Waals surface area contributed by atoms with E-state index in [1.807, 2.05) is 0 Å². The van der Waals surface area contributed by atoms with Crippen molar-refractivity contribution in [3.8, 4) is 6.07 Å². The van der Waals surface area contributed by atoms with Gasteiger partial charge in [0.05, 0.1) is 26.3 Å². The van der Waals surface area contributed by atoms with Crippen LogP contribution in [0.4, 0.5) is 4.79 Å². The second-order valence-corrected chi connectivity index (χ2v) is 11.8. The number of hydrogen-bond donors (Lipinski definition) is 1. The summed E-state index contributed by atoms with van der Waals surface area (Å²) in [4.78, 5) is 26.6. The first-order chi connectivity index (χ1) is 14.3. The van der Waals surface area contributed by atoms with E-state index < -0.39 is 44.3 Å². The molecule has 0 radical (unpaired) electrons. The predicted molar refractivity (Wildman–Crippen MR) is 115 cm³/mol. The summed E-state index contributed by atoms with van der Waals surface area (Å²) in [6, 6.07) is 5.23. The normalized spacial score (nSPS) is 22.5. The van der Waals surface area contributed by atoms with Crippen molar-refractivity contribution >= 4 is 45.0 Å². The van der Waals surface area contributed by atoms with Crippen molar-refractivity contribution in [3.63, 3.8) is 0 Å². The van der Waals surface area contributed by atoms with Crippen molar-refractivity contribution in [2.45, 2.75) is 67.4 Å². The van der Waals surface area contributed by atoms with Gasteiger partial charge in [0.2, 0.25) is 5.91 Å². The highest BCUT2D eigenvalue weighted by Crippen LogP contribution is 2.37. The molecule has 0 unspecified atom stereocenters. The molecule has 1 N–H and O–H groups in total. The van der Waals surface area contributed by atoms with E-state index in [1.54, 1.807) is 20.8 Å². The molecule has 11 heteroatoms. The smallest absolute Gasteiger partial charge is 0.411 e. The number of nitrogens with zero attached hydrogens (tertiary/aromatic N) is 2. The van der Waals surface area contributed by atoms with Crippen LogP contribution >= 0.6 is 23.2 Å². The van der Waals surface area contributed by atoms with Gasteiger partial charge in [-0.2, -0.15) is 5.26 Å². The van der Waals surface area contributed by atoms with Crippen LogP contribution in [0.25, 0.3) is 0 Å². The minimum Gasteiger partial charge on any atom is -0.444 e. The molecule has 1 aromatic carbocycles. The Morgan fingerprint density at radius 2 is 1.94 bits per heavy atom. The van der Waals surface area contributed by atoms with Gasteiger partial charge in [0.1, 0.15) is 17.2 Å². The van der Waals surface area contributed by atoms with E-state index in [2.05, 4.69) is 11.4 Å². The standard InChI is InChI=1S/C20H23Cl2N3O5S/c1-19(2,3)30-18(27)25-10-12(9-14(25)17(26)24-20(11-23)7-8-20)31(28,29)15-6-4-5-13(21)16(15)22/h4-6,12,14H,7-10H2,1-3H3,(H,24,26)/t12-,14+/m1/s1. The molecule has 8 nitrogen and oxygen atoms in total. The van der Waals surface area contributed by atoms with Crippen molar-refractivity contribution < 1.29 is 22.7 Å². The number of hydrogen-bond acceptors (Lipinski definition) is 6. The molecule has 2 atom stereocenters. The molecule has 1 saturated carbocycles. The summed E-state index contributed by atoms with van der Waals surface area (Å²) in [5.41, 5.74) is -1.79. The van der Waals surface area contributed by atoms with Crippen LogP contribution in [0.15, 0.2) is 23.1 Å². The summed E-state index contributed by atoms with van der Waals surface area (Å²) in [5.74, 6) is -0.584. The predicted octanol–water partition coefficient (Wildman–Crippen LogP) is 3.32. The van der Waals surface area contributed by atoms with E-state index in [0.29, 0.717) is 12.8 Å². The van der Waals surface area contributed by atoms with E-state index in [1.165, 1.54) is 18.2 Å². The highest BCUT2D eigenvalue weighted by Gasteiger charge is 2.51. The van der Waals surface area contributed by atoms with Gasteiger partial charge in [-0.3, -0.25) is 9.69 Å². The molecule has 2 fully saturated rings. The molecule has 0 bridgehead atoms. The van der Waals surface area contributed by atoms with Crippen molar-refractivity contribution in [1.29, 1.82) is 5.26 Å². The number of benzene rings is 1. The Hall–Kier alpha value is -2.02. The molecule has 1 aliphatic heterocycles. The molecule has 0 aromatic heterocycles. The fourth-order valence-electron chi connectivity index (χ4n) is 3.39. The lowest BCUT2D eigenvalue weighted by atomic mass is 10.2. The van der Waals surface area contributed by atoms with E-state index >= 15 is 0 Å². The largest absolute Gasteiger partial charge is 0.444 e. The molecule has 2 amide bonds. The lowest BCUT2D eigenvalue weighted by molar-refractivity contribution is -0.126. The number of ether oxygens (including phenoxy) is 1. The van der Waals surface area contributed by atoms with Gasteiger partial charge in [0, 0.05) is 6.54 Å². The Balaban J connectivity index is 1.92. The molecule has 31 heavy (non-hydrogen) atoms. The van der Waals surface area contributed by atoms with Gasteiger partial charge in [0.15, 0.2) is 9.84 Å². The van der Waals surface area contributed by atoms with E-state index in [4.69, 9.17) is 27.9 Å². The summed E-state index contributed by atoms with van der Waals surface area (Å²) in [7, 11) is -4.01. The third kappa shape index (κ3) is 4.92. The molecule has 1 aliphatic carbocycles. The zero-order valence-electron chi connectivity index (χ0n) is 17.3. The maximum atomic E-state index is 13.3. The van der Waals surface area contributed by atoms with Crippen LogP contribution in [-0.4, -0.2) is 54.3 Å². The van der Waals surface area contributed by atoms with Crippen molar-refractivity contribution in [2.24, 2.45) is 0 Å². The van der Waals surface area contributed by atoms with Gasteiger partial charge in [0.25, 0.3) is 0 Å². The second-order valence-electron chi connectivity index (χ2n) is 8.79. The fraction of sp³-hybridized carbons (Fsp3) is 0.550. The molecular formula is C20H23Cl2N3O5S. The first kappa shape index (κ1) is 23.6. The van der Waals surface area contributed by atoms with Crippen LogP contribution in [0.3, 0.4) is 0 Å². The minimum absolute atomic E-state index is 0.0868. The van der Waals surface area contributed by atoms with Gasteiger partial charge in [-0.15, -0.1) is 0 Å². The molecule has 168 valence electrons. The molecule has 0 spiro atoms. The Morgan fingerprint density at radius 1 is 1.29 bits per heavy atom. The summed E-state index contributed by atoms with van der Waals surface area (Å²) in [6.07, 6.45) is 0.0598. The van der Waals surface area contributed by atoms with Gasteiger partial charge < -0.3 is 10.1 Å². The first-order valence-electron chi connectivity index (χ1n) is 9.70. The SMILES string of the molecule is CC(C)(C)OC(=O)N1C[C@H](S(=O)(=O)c2cccc(Cl)c2Cl)C[C@H]1C(=O)NC1(C#N)CC1. The quantitative estimate of drug-likeness (QED) is 0.695. The van der Waals surface area contributed by atoms with Crippen LogP contribution in [0.1, 0.15) is 40.0 Å². The third-order valence-corrected chi connectivity index (χ3v) is 8.28. The highest BCUT2D eigenvalue weighted by atomic mass is 35.5. The fourth-order valence-corrected chi connectivity index (χ4v) is 5.84. The van der Waals surface area contributed by atoms with Crippen molar-refractivity contribution in [3.05, 3.63) is 28.2 Å². The zero-order chi connectivity index (χ0) is 23.2. The molecule has 2 aliphatic rings. The first-order valence-corrected chi connectivity index (χ1v) is 12.0. The van der Waals surface area contributed by atoms with Crippen LogP contribution in [0.2, 0.25) is 10.0 Å². The maximum absolute atomic E-state index is 13.3. The van der Waals surface area contributed by atoms with Gasteiger partial charge in [-0.1, -0.05) is 29.3 Å². The highest BCUT2D eigenvalue weighted by molar-refractivity contribution is 7.92. The number of sulfone groups is 1. The van der Waals surface area contributed by atoms with E-state index in [-0.39, 0.29) is 27.9 Å². The van der Waals surface area contributed by atoms with E-state index in [9.17, 15) is 23.3 Å². The molecule has 3 rings (SSSR count). The summed E-state index contributed by atoms with van der Waals surface area (Å²) in [5, 5.41) is 10.8. The Bertz CT molecular complexity index is 1060. The number of carbonyl (C=O) groups is 2. The maximum Gasteiger partial charge on any atom is 0.411 e. The average Bonchev–Trinajstić information content (AvgIpc) is 3.27. The number of rotatable bonds is 4. The molecular weight excluding hydrogens is 465 g/mol. The number of carbonyl (C=O) groups excluding carboxylic acids is 2. The monoisotopic (exact) mass is 487 g/mol. The minimum atomic E-state index is -4.01. The number of halogens is 2. The molecule has 1 saturated heterocycles. The Morgan fingerprint density at radius 3 is 2.48 bits per heavy atom. The summed E-state index contributed by atoms with van der Waals surface area (Å²) >= 11 is 12.1. The van der Waals surface area contributed by atoms with Gasteiger partial charge >= 0.3 is 6.09 Å². The van der Waals surface area contributed by atoms with Crippen LogP contribution in [-0.2, 0) is 19.4 Å². The van der Waals surface area contributed by atoms with Gasteiger partial charge in [-0.25, -0.2) is 13.2 Å². The topological polar surface area (TPSA) is 117 Å². The van der Waals surface area contributed by atoms with Gasteiger partial charge in [-0.05, 0) is 52.2 Å². The van der Waals surface area contributed by atoms with E-state index in [0.717, 1.165) is 4.90 Å². The zero-order valence-corrected chi connectivity index (χ0v) is 19.6. The Kier molecular flexibility index (Phi) is 6.22. The number of likely N-dealkylation sites (tertiary alicyclic amines) is 1. The summed E-state index contributed by atoms with van der Waals surface area (Å²) in [6.45, 7) is 4.76. The molecule has 1 heterocycles. The van der Waals surface area contributed by atoms with Crippen molar-refractivity contribution in [2.75, 3.05) is 6.54 Å². The van der Waals surface area contributed by atoms with Crippen LogP contribution in [0.5, 0.6) is 0 Å². The lowest BCUT2D eigenvalue weighted by Crippen LogP contribution is -2.50. The summed E-state index contributed by atoms with van der Waals surface area (Å²) < 4.78 is 31.9. The Labute approximate surface area is 191 Å². The van der Waals surface area contributed by atoms with Crippen LogP contribution < -0.4 is 5.32 Å². The number of nitriles is 1.